The second-order valence-corrected chi connectivity index (χ2v) is 6.44. The van der Waals surface area contributed by atoms with E-state index in [9.17, 15) is 4.79 Å². The molecule has 0 aromatic heterocycles. The Labute approximate surface area is 138 Å². The Morgan fingerprint density at radius 3 is 2.61 bits per heavy atom. The number of hydrogen-bond acceptors (Lipinski definition) is 1. The van der Waals surface area contributed by atoms with Gasteiger partial charge in [0.2, 0.25) is 0 Å². The summed E-state index contributed by atoms with van der Waals surface area (Å²) in [6.07, 6.45) is 3.75. The Balaban J connectivity index is 1.72. The minimum Gasteiger partial charge on any atom is -0.325 e. The summed E-state index contributed by atoms with van der Waals surface area (Å²) >= 11 is 0. The van der Waals surface area contributed by atoms with Crippen molar-refractivity contribution >= 4 is 11.6 Å². The Morgan fingerprint density at radius 1 is 1.09 bits per heavy atom. The summed E-state index contributed by atoms with van der Waals surface area (Å²) in [6.45, 7) is 3.92. The molecule has 2 aromatic carbocycles. The highest BCUT2D eigenvalue weighted by Gasteiger charge is 2.24. The lowest BCUT2D eigenvalue weighted by molar-refractivity contribution is -0.920. The molecule has 1 aliphatic rings. The van der Waals surface area contributed by atoms with Crippen LogP contribution in [0.15, 0.2) is 54.6 Å². The number of likely N-dealkylation sites (tertiary alicyclic amines) is 1. The molecule has 0 saturated carbocycles. The zero-order valence-electron chi connectivity index (χ0n) is 13.7. The van der Waals surface area contributed by atoms with Crippen molar-refractivity contribution in [3.8, 4) is 11.1 Å². The van der Waals surface area contributed by atoms with Crippen LogP contribution in [0.1, 0.15) is 26.2 Å². The van der Waals surface area contributed by atoms with E-state index in [2.05, 4.69) is 30.4 Å². The van der Waals surface area contributed by atoms with Crippen LogP contribution >= 0.6 is 0 Å². The van der Waals surface area contributed by atoms with Crippen molar-refractivity contribution in [2.75, 3.05) is 18.4 Å². The van der Waals surface area contributed by atoms with Gasteiger partial charge in [-0.05, 0) is 37.8 Å². The van der Waals surface area contributed by atoms with E-state index in [0.29, 0.717) is 12.6 Å². The molecule has 2 N–H and O–H groups in total. The van der Waals surface area contributed by atoms with Crippen LogP contribution in [0.4, 0.5) is 5.69 Å². The monoisotopic (exact) mass is 309 g/mol. The van der Waals surface area contributed by atoms with Gasteiger partial charge in [-0.2, -0.15) is 0 Å². The fraction of sp³-hybridized carbons (Fsp3) is 0.350. The average Bonchev–Trinajstić information content (AvgIpc) is 2.58. The molecule has 23 heavy (non-hydrogen) atoms. The van der Waals surface area contributed by atoms with Gasteiger partial charge in [-0.1, -0.05) is 48.5 Å². The van der Waals surface area contributed by atoms with Crippen molar-refractivity contribution in [3.63, 3.8) is 0 Å². The van der Waals surface area contributed by atoms with E-state index in [-0.39, 0.29) is 5.91 Å². The number of piperidine rings is 1. The highest BCUT2D eigenvalue weighted by atomic mass is 16.2. The van der Waals surface area contributed by atoms with Crippen LogP contribution in [-0.4, -0.2) is 25.0 Å². The zero-order chi connectivity index (χ0) is 16.1. The number of para-hydroxylation sites is 1. The fourth-order valence-corrected chi connectivity index (χ4v) is 3.38. The van der Waals surface area contributed by atoms with Crippen LogP contribution in [0.25, 0.3) is 11.1 Å². The average molecular weight is 309 g/mol. The maximum atomic E-state index is 12.5. The Bertz CT molecular complexity index is 654. The summed E-state index contributed by atoms with van der Waals surface area (Å²) in [5, 5.41) is 3.12. The summed E-state index contributed by atoms with van der Waals surface area (Å²) in [5.74, 6) is 0.108. The molecule has 0 radical (unpaired) electrons. The lowest BCUT2D eigenvalue weighted by atomic mass is 10.0. The second-order valence-electron chi connectivity index (χ2n) is 6.44. The minimum absolute atomic E-state index is 0.108. The van der Waals surface area contributed by atoms with Crippen LogP contribution in [0.3, 0.4) is 0 Å². The number of hydrogen-bond donors (Lipinski definition) is 2. The molecule has 0 bridgehead atoms. The quantitative estimate of drug-likeness (QED) is 0.894. The summed E-state index contributed by atoms with van der Waals surface area (Å²) in [4.78, 5) is 13.9. The van der Waals surface area contributed by atoms with Gasteiger partial charge in [0.15, 0.2) is 6.54 Å². The van der Waals surface area contributed by atoms with Gasteiger partial charge in [0.05, 0.1) is 12.6 Å². The third kappa shape index (κ3) is 3.99. The van der Waals surface area contributed by atoms with Crippen molar-refractivity contribution in [2.45, 2.75) is 32.2 Å². The number of rotatable bonds is 4. The first-order chi connectivity index (χ1) is 11.2. The molecule has 3 rings (SSSR count). The lowest BCUT2D eigenvalue weighted by Gasteiger charge is -2.29. The van der Waals surface area contributed by atoms with Crippen LogP contribution in [-0.2, 0) is 4.79 Å². The molecule has 1 fully saturated rings. The van der Waals surface area contributed by atoms with Crippen molar-refractivity contribution in [2.24, 2.45) is 0 Å². The Kier molecular flexibility index (Phi) is 5.09. The number of nitrogens with one attached hydrogen (secondary N) is 2. The SMILES string of the molecule is C[C@@H]1CCCC[NH+]1CC(=O)Nc1ccccc1-c1ccccc1. The first-order valence-electron chi connectivity index (χ1n) is 8.53. The molecule has 1 aliphatic heterocycles. The summed E-state index contributed by atoms with van der Waals surface area (Å²) in [6, 6.07) is 18.8. The van der Waals surface area contributed by atoms with Gasteiger partial charge in [0, 0.05) is 11.3 Å². The highest BCUT2D eigenvalue weighted by Crippen LogP contribution is 2.27. The zero-order valence-corrected chi connectivity index (χ0v) is 13.7. The van der Waals surface area contributed by atoms with Crippen LogP contribution in [0.5, 0.6) is 0 Å². The summed E-state index contributed by atoms with van der Waals surface area (Å²) in [5.41, 5.74) is 3.10. The molecular formula is C20H25N2O+. The standard InChI is InChI=1S/C20H24N2O/c1-16-9-7-8-14-22(16)15-20(23)21-19-13-6-5-12-18(19)17-10-3-2-4-11-17/h2-6,10-13,16H,7-9,14-15H2,1H3,(H,21,23)/p+1/t16-/m1/s1. The lowest BCUT2D eigenvalue weighted by Crippen LogP contribution is -3.17. The molecule has 1 amide bonds. The predicted molar refractivity (Wildman–Crippen MR) is 94.5 cm³/mol. The van der Waals surface area contributed by atoms with Crippen LogP contribution in [0, 0.1) is 0 Å². The maximum absolute atomic E-state index is 12.5. The summed E-state index contributed by atoms with van der Waals surface area (Å²) < 4.78 is 0. The van der Waals surface area contributed by atoms with Crippen molar-refractivity contribution in [1.82, 2.24) is 0 Å². The fourth-order valence-electron chi connectivity index (χ4n) is 3.38. The number of benzene rings is 2. The van der Waals surface area contributed by atoms with Crippen LogP contribution in [0.2, 0.25) is 0 Å². The van der Waals surface area contributed by atoms with Gasteiger partial charge in [0.1, 0.15) is 0 Å². The first-order valence-corrected chi connectivity index (χ1v) is 8.53. The van der Waals surface area contributed by atoms with Crippen LogP contribution < -0.4 is 10.2 Å². The summed E-state index contributed by atoms with van der Waals surface area (Å²) in [7, 11) is 0. The van der Waals surface area contributed by atoms with Gasteiger partial charge in [0.25, 0.3) is 5.91 Å². The third-order valence-electron chi connectivity index (χ3n) is 4.76. The van der Waals surface area contributed by atoms with E-state index in [1.807, 2.05) is 36.4 Å². The van der Waals surface area contributed by atoms with E-state index < -0.39 is 0 Å². The third-order valence-corrected chi connectivity index (χ3v) is 4.76. The molecular weight excluding hydrogens is 284 g/mol. The second kappa shape index (κ2) is 7.42. The molecule has 3 heteroatoms. The van der Waals surface area contributed by atoms with E-state index in [1.54, 1.807) is 0 Å². The normalized spacial score (nSPS) is 20.9. The molecule has 1 saturated heterocycles. The number of anilines is 1. The van der Waals surface area contributed by atoms with Gasteiger partial charge < -0.3 is 10.2 Å². The predicted octanol–water partition coefficient (Wildman–Crippen LogP) is 2.75. The number of amides is 1. The largest absolute Gasteiger partial charge is 0.325 e. The highest BCUT2D eigenvalue weighted by molar-refractivity contribution is 5.96. The maximum Gasteiger partial charge on any atom is 0.279 e. The van der Waals surface area contributed by atoms with E-state index >= 15 is 0 Å². The van der Waals surface area contributed by atoms with E-state index in [4.69, 9.17) is 0 Å². The molecule has 3 nitrogen and oxygen atoms in total. The molecule has 2 aromatic rings. The molecule has 1 unspecified atom stereocenters. The van der Waals surface area contributed by atoms with Gasteiger partial charge in [-0.15, -0.1) is 0 Å². The van der Waals surface area contributed by atoms with E-state index in [0.717, 1.165) is 23.4 Å². The van der Waals surface area contributed by atoms with Gasteiger partial charge in [-0.25, -0.2) is 0 Å². The smallest absolute Gasteiger partial charge is 0.279 e. The van der Waals surface area contributed by atoms with Gasteiger partial charge >= 0.3 is 0 Å². The van der Waals surface area contributed by atoms with Crippen molar-refractivity contribution in [1.29, 1.82) is 0 Å². The Morgan fingerprint density at radius 2 is 1.83 bits per heavy atom. The molecule has 2 atom stereocenters. The number of carbonyl (C=O) groups is 1. The Hall–Kier alpha value is -2.13. The topological polar surface area (TPSA) is 33.5 Å². The minimum atomic E-state index is 0.108. The first kappa shape index (κ1) is 15.8. The molecule has 1 heterocycles. The number of carbonyl (C=O) groups excluding carboxylic acids is 1. The van der Waals surface area contributed by atoms with Gasteiger partial charge in [-0.3, -0.25) is 4.79 Å². The van der Waals surface area contributed by atoms with E-state index in [1.165, 1.54) is 24.2 Å². The molecule has 0 aliphatic carbocycles. The van der Waals surface area contributed by atoms with Crippen molar-refractivity contribution in [3.05, 3.63) is 54.6 Å². The number of quaternary nitrogens is 1. The molecule has 0 spiro atoms. The molecule has 120 valence electrons. The van der Waals surface area contributed by atoms with Crippen molar-refractivity contribution < 1.29 is 9.69 Å².